The minimum atomic E-state index is -3.95. The number of fused-ring (bicyclic) bond motifs is 1. The molecule has 1 N–H and O–H groups in total. The van der Waals surface area contributed by atoms with Gasteiger partial charge in [0.1, 0.15) is 5.69 Å². The largest absolute Gasteiger partial charge is 0.368 e. The molecule has 0 fully saturated rings. The molecule has 0 amide bonds. The fourth-order valence-electron chi connectivity index (χ4n) is 2.77. The Balaban J connectivity index is 2.16. The van der Waals surface area contributed by atoms with Crippen LogP contribution in [0.15, 0.2) is 53.4 Å². The van der Waals surface area contributed by atoms with Gasteiger partial charge in [0.25, 0.3) is 0 Å². The summed E-state index contributed by atoms with van der Waals surface area (Å²) >= 11 is 0. The molecule has 2 aromatic carbocycles. The Morgan fingerprint density at radius 2 is 1.64 bits per heavy atom. The van der Waals surface area contributed by atoms with E-state index < -0.39 is 15.1 Å². The third-order valence-electron chi connectivity index (χ3n) is 4.30. The van der Waals surface area contributed by atoms with Gasteiger partial charge in [0.2, 0.25) is 9.84 Å². The van der Waals surface area contributed by atoms with E-state index in [4.69, 9.17) is 0 Å². The first-order valence-corrected chi connectivity index (χ1v) is 10.6. The van der Waals surface area contributed by atoms with E-state index in [1.165, 1.54) is 12.1 Å². The summed E-state index contributed by atoms with van der Waals surface area (Å²) in [6.45, 7) is 6.53. The van der Waals surface area contributed by atoms with Crippen molar-refractivity contribution >= 4 is 26.7 Å². The van der Waals surface area contributed by atoms with Crippen LogP contribution in [0.2, 0.25) is 0 Å². The second-order valence-electron chi connectivity index (χ2n) is 7.09. The third-order valence-corrected chi connectivity index (χ3v) is 6.18. The van der Waals surface area contributed by atoms with Gasteiger partial charge in [-0.15, -0.1) is 0 Å². The quantitative estimate of drug-likeness (QED) is 0.678. The molecule has 0 spiro atoms. The van der Waals surface area contributed by atoms with Gasteiger partial charge in [-0.2, -0.15) is 5.26 Å². The third kappa shape index (κ3) is 3.97. The van der Waals surface area contributed by atoms with E-state index in [1.807, 2.05) is 39.0 Å². The van der Waals surface area contributed by atoms with E-state index in [-0.39, 0.29) is 10.6 Å². The number of nitrogens with zero attached hydrogens (tertiary/aromatic N) is 3. The van der Waals surface area contributed by atoms with Crippen LogP contribution >= 0.6 is 0 Å². The average molecular weight is 395 g/mol. The van der Waals surface area contributed by atoms with Crippen molar-refractivity contribution in [1.82, 2.24) is 9.97 Å². The number of nitrogens with one attached hydrogen (secondary N) is 1. The maximum absolute atomic E-state index is 13.2. The van der Waals surface area contributed by atoms with Gasteiger partial charge in [-0.25, -0.2) is 18.4 Å². The lowest BCUT2D eigenvalue weighted by Crippen LogP contribution is -2.19. The molecule has 0 saturated heterocycles. The number of hydrogen-bond donors (Lipinski definition) is 1. The molecule has 0 aliphatic carbocycles. The Hall–Kier alpha value is -2.98. The van der Waals surface area contributed by atoms with Gasteiger partial charge >= 0.3 is 0 Å². The van der Waals surface area contributed by atoms with Crippen molar-refractivity contribution in [2.75, 3.05) is 11.9 Å². The van der Waals surface area contributed by atoms with Crippen LogP contribution < -0.4 is 5.32 Å². The predicted molar refractivity (Wildman–Crippen MR) is 110 cm³/mol. The molecule has 0 radical (unpaired) electrons. The van der Waals surface area contributed by atoms with Crippen LogP contribution in [-0.4, -0.2) is 24.9 Å². The van der Waals surface area contributed by atoms with Crippen LogP contribution in [0.5, 0.6) is 0 Å². The van der Waals surface area contributed by atoms with Crippen molar-refractivity contribution in [1.29, 1.82) is 5.26 Å². The Labute approximate surface area is 165 Å². The first-order chi connectivity index (χ1) is 13.3. The van der Waals surface area contributed by atoms with Crippen LogP contribution in [0.25, 0.3) is 11.0 Å². The first-order valence-electron chi connectivity index (χ1n) is 9.03. The molecule has 7 heteroatoms. The molecule has 0 aliphatic heterocycles. The first kappa shape index (κ1) is 19.8. The van der Waals surface area contributed by atoms with Crippen LogP contribution in [-0.2, 0) is 9.84 Å². The molecule has 0 unspecified atom stereocenters. The molecule has 0 bridgehead atoms. The number of anilines is 1. The smallest absolute Gasteiger partial charge is 0.200 e. The summed E-state index contributed by atoms with van der Waals surface area (Å²) in [5, 5.41) is 11.5. The van der Waals surface area contributed by atoms with Crippen molar-refractivity contribution in [2.24, 2.45) is 5.92 Å². The number of rotatable bonds is 6. The van der Waals surface area contributed by atoms with Gasteiger partial charge in [0, 0.05) is 6.54 Å². The molecule has 1 atom stereocenters. The Morgan fingerprint density at radius 3 is 2.21 bits per heavy atom. The maximum atomic E-state index is 13.2. The Morgan fingerprint density at radius 1 is 1.04 bits per heavy atom. The molecule has 144 valence electrons. The highest BCUT2D eigenvalue weighted by Gasteiger charge is 2.33. The summed E-state index contributed by atoms with van der Waals surface area (Å²) in [6, 6.07) is 15.6. The molecule has 3 rings (SSSR count). The van der Waals surface area contributed by atoms with Crippen molar-refractivity contribution in [3.05, 3.63) is 59.8 Å². The minimum Gasteiger partial charge on any atom is -0.368 e. The summed E-state index contributed by atoms with van der Waals surface area (Å²) in [4.78, 5) is 9.15. The standard InChI is InChI=1S/C21H22N4O2S/c1-14(2)13-23-21-20(24-17-6-4-5-7-18(17)25-21)19(12-22)28(26,27)16-10-8-15(3)9-11-16/h4-11,14,19H,13H2,1-3H3,(H,23,25)/t19-/m1/s1. The van der Waals surface area contributed by atoms with Gasteiger partial charge in [0.05, 0.1) is 22.0 Å². The highest BCUT2D eigenvalue weighted by Crippen LogP contribution is 2.32. The molecule has 0 aliphatic rings. The molecule has 3 aromatic rings. The molecule has 28 heavy (non-hydrogen) atoms. The minimum absolute atomic E-state index is 0.0921. The fraction of sp³-hybridized carbons (Fsp3) is 0.286. The van der Waals surface area contributed by atoms with Crippen LogP contribution in [0.3, 0.4) is 0 Å². The number of aryl methyl sites for hydroxylation is 1. The number of benzene rings is 2. The van der Waals surface area contributed by atoms with E-state index in [0.29, 0.717) is 29.3 Å². The van der Waals surface area contributed by atoms with E-state index in [2.05, 4.69) is 15.3 Å². The molecule has 6 nitrogen and oxygen atoms in total. The summed E-state index contributed by atoms with van der Waals surface area (Å²) in [6.07, 6.45) is 0. The summed E-state index contributed by atoms with van der Waals surface area (Å²) in [7, 11) is -3.95. The topological polar surface area (TPSA) is 95.7 Å². The summed E-state index contributed by atoms with van der Waals surface area (Å²) in [5.74, 6) is 0.644. The van der Waals surface area contributed by atoms with Crippen molar-refractivity contribution in [3.63, 3.8) is 0 Å². The van der Waals surface area contributed by atoms with E-state index in [9.17, 15) is 13.7 Å². The second kappa shape index (κ2) is 7.95. The van der Waals surface area contributed by atoms with Crippen LogP contribution in [0, 0.1) is 24.2 Å². The lowest BCUT2D eigenvalue weighted by molar-refractivity contribution is 0.590. The highest BCUT2D eigenvalue weighted by molar-refractivity contribution is 7.92. The SMILES string of the molecule is Cc1ccc(S(=O)(=O)[C@H](C#N)c2nc3ccccc3nc2NCC(C)C)cc1. The van der Waals surface area contributed by atoms with Gasteiger partial charge in [-0.05, 0) is 37.1 Å². The van der Waals surface area contributed by atoms with Gasteiger partial charge in [0.15, 0.2) is 11.1 Å². The number of para-hydroxylation sites is 2. The Kier molecular flexibility index (Phi) is 5.61. The van der Waals surface area contributed by atoms with Crippen LogP contribution in [0.4, 0.5) is 5.82 Å². The highest BCUT2D eigenvalue weighted by atomic mass is 32.2. The molecule has 1 aromatic heterocycles. The normalized spacial score (nSPS) is 12.7. The van der Waals surface area contributed by atoms with Gasteiger partial charge in [-0.1, -0.05) is 43.7 Å². The fourth-order valence-corrected chi connectivity index (χ4v) is 4.15. The Bertz CT molecular complexity index is 1130. The van der Waals surface area contributed by atoms with E-state index >= 15 is 0 Å². The van der Waals surface area contributed by atoms with Gasteiger partial charge in [-0.3, -0.25) is 0 Å². The number of hydrogen-bond acceptors (Lipinski definition) is 6. The second-order valence-corrected chi connectivity index (χ2v) is 9.12. The number of sulfone groups is 1. The number of nitriles is 1. The zero-order chi connectivity index (χ0) is 20.3. The van der Waals surface area contributed by atoms with Gasteiger partial charge < -0.3 is 5.32 Å². The molecule has 1 heterocycles. The summed E-state index contributed by atoms with van der Waals surface area (Å²) in [5.41, 5.74) is 2.26. The zero-order valence-corrected chi connectivity index (χ0v) is 16.9. The molecular formula is C21H22N4O2S. The summed E-state index contributed by atoms with van der Waals surface area (Å²) < 4.78 is 26.4. The lowest BCUT2D eigenvalue weighted by atomic mass is 10.2. The van der Waals surface area contributed by atoms with Crippen molar-refractivity contribution < 1.29 is 8.42 Å². The number of aromatic nitrogens is 2. The van der Waals surface area contributed by atoms with Crippen LogP contribution in [0.1, 0.15) is 30.4 Å². The van der Waals surface area contributed by atoms with Crippen molar-refractivity contribution in [3.8, 4) is 6.07 Å². The predicted octanol–water partition coefficient (Wildman–Crippen LogP) is 4.04. The maximum Gasteiger partial charge on any atom is 0.200 e. The lowest BCUT2D eigenvalue weighted by Gasteiger charge is -2.17. The molecular weight excluding hydrogens is 372 g/mol. The van der Waals surface area contributed by atoms with Crippen molar-refractivity contribution in [2.45, 2.75) is 30.9 Å². The average Bonchev–Trinajstić information content (AvgIpc) is 2.67. The zero-order valence-electron chi connectivity index (χ0n) is 16.0. The monoisotopic (exact) mass is 394 g/mol. The molecule has 0 saturated carbocycles. The van der Waals surface area contributed by atoms with E-state index in [0.717, 1.165) is 5.56 Å². The van der Waals surface area contributed by atoms with E-state index in [1.54, 1.807) is 24.3 Å².